The minimum absolute atomic E-state index is 0.406. The van der Waals surface area contributed by atoms with Gasteiger partial charge < -0.3 is 10.5 Å². The summed E-state index contributed by atoms with van der Waals surface area (Å²) in [5.41, 5.74) is 7.89. The molecule has 0 aliphatic rings. The molecule has 94 valence electrons. The van der Waals surface area contributed by atoms with Gasteiger partial charge in [0.15, 0.2) is 0 Å². The third kappa shape index (κ3) is 2.79. The van der Waals surface area contributed by atoms with Crippen LogP contribution in [0, 0.1) is 20.8 Å². The number of aromatic nitrogens is 2. The van der Waals surface area contributed by atoms with Gasteiger partial charge in [0.2, 0.25) is 5.88 Å². The molecule has 0 atom stereocenters. The van der Waals surface area contributed by atoms with Crippen molar-refractivity contribution in [2.75, 3.05) is 5.73 Å². The van der Waals surface area contributed by atoms with E-state index in [2.05, 4.69) is 25.9 Å². The van der Waals surface area contributed by atoms with Crippen LogP contribution in [0.15, 0.2) is 22.7 Å². The van der Waals surface area contributed by atoms with E-state index in [4.69, 9.17) is 10.5 Å². The molecule has 2 N–H and O–H groups in total. The number of nitrogens with zero attached hydrogens (tertiary/aromatic N) is 2. The molecule has 0 saturated heterocycles. The Balaban J connectivity index is 2.34. The van der Waals surface area contributed by atoms with Gasteiger partial charge in [-0.25, -0.2) is 4.98 Å². The molecule has 1 aromatic heterocycles. The molecule has 0 unspecified atom stereocenters. The van der Waals surface area contributed by atoms with Gasteiger partial charge in [-0.1, -0.05) is 15.9 Å². The van der Waals surface area contributed by atoms with Crippen molar-refractivity contribution < 1.29 is 4.74 Å². The highest BCUT2D eigenvalue weighted by atomic mass is 79.9. The lowest BCUT2D eigenvalue weighted by Crippen LogP contribution is -1.98. The van der Waals surface area contributed by atoms with Crippen molar-refractivity contribution in [1.82, 2.24) is 9.97 Å². The fourth-order valence-electron chi connectivity index (χ4n) is 1.70. The molecule has 0 amide bonds. The van der Waals surface area contributed by atoms with Crippen LogP contribution >= 0.6 is 15.9 Å². The van der Waals surface area contributed by atoms with Crippen molar-refractivity contribution in [3.63, 3.8) is 0 Å². The second-order valence-electron chi connectivity index (χ2n) is 4.15. The molecule has 0 aliphatic heterocycles. The first-order chi connectivity index (χ1) is 8.45. The van der Waals surface area contributed by atoms with Gasteiger partial charge in [-0.3, -0.25) is 0 Å². The Morgan fingerprint density at radius 2 is 1.67 bits per heavy atom. The molecule has 18 heavy (non-hydrogen) atoms. The van der Waals surface area contributed by atoms with Crippen molar-refractivity contribution in [1.29, 1.82) is 0 Å². The summed E-state index contributed by atoms with van der Waals surface area (Å²) in [5, 5.41) is 0. The Hall–Kier alpha value is -1.62. The molecule has 2 aromatic rings. The van der Waals surface area contributed by atoms with Gasteiger partial charge in [0.05, 0.1) is 0 Å². The van der Waals surface area contributed by atoms with Crippen LogP contribution in [0.2, 0.25) is 0 Å². The van der Waals surface area contributed by atoms with E-state index in [-0.39, 0.29) is 0 Å². The molecule has 0 aliphatic carbocycles. The van der Waals surface area contributed by atoms with Gasteiger partial charge >= 0.3 is 0 Å². The topological polar surface area (TPSA) is 61.0 Å². The summed E-state index contributed by atoms with van der Waals surface area (Å²) < 4.78 is 6.80. The van der Waals surface area contributed by atoms with Gasteiger partial charge in [0, 0.05) is 10.5 Å². The quantitative estimate of drug-likeness (QED) is 0.922. The third-order valence-electron chi connectivity index (χ3n) is 2.47. The monoisotopic (exact) mass is 307 g/mol. The van der Waals surface area contributed by atoms with Crippen molar-refractivity contribution in [3.8, 4) is 11.6 Å². The van der Waals surface area contributed by atoms with E-state index in [1.165, 1.54) is 0 Å². The minimum atomic E-state index is 0.406. The molecule has 4 nitrogen and oxygen atoms in total. The number of hydrogen-bond acceptors (Lipinski definition) is 4. The minimum Gasteiger partial charge on any atom is -0.439 e. The summed E-state index contributed by atoms with van der Waals surface area (Å²) in [6, 6.07) is 5.51. The molecule has 0 saturated carbocycles. The maximum atomic E-state index is 5.70. The van der Waals surface area contributed by atoms with Crippen LogP contribution in [0.5, 0.6) is 11.6 Å². The molecule has 0 spiro atoms. The van der Waals surface area contributed by atoms with Crippen LogP contribution in [0.1, 0.15) is 17.0 Å². The van der Waals surface area contributed by atoms with E-state index in [0.29, 0.717) is 17.5 Å². The standard InChI is InChI=1S/C13H14BrN3O/c1-7-4-10(5-8(2)13(7)14)18-12-6-11(15)16-9(3)17-12/h4-6H,1-3H3,(H2,15,16,17). The van der Waals surface area contributed by atoms with E-state index in [0.717, 1.165) is 21.3 Å². The van der Waals surface area contributed by atoms with Crippen LogP contribution in [-0.2, 0) is 0 Å². The SMILES string of the molecule is Cc1nc(N)cc(Oc2cc(C)c(Br)c(C)c2)n1. The maximum absolute atomic E-state index is 5.70. The van der Waals surface area contributed by atoms with E-state index >= 15 is 0 Å². The molecule has 5 heteroatoms. The number of ether oxygens (including phenoxy) is 1. The molecule has 0 bridgehead atoms. The predicted molar refractivity (Wildman–Crippen MR) is 74.9 cm³/mol. The lowest BCUT2D eigenvalue weighted by Gasteiger charge is -2.09. The zero-order valence-corrected chi connectivity index (χ0v) is 12.1. The van der Waals surface area contributed by atoms with Crippen LogP contribution in [-0.4, -0.2) is 9.97 Å². The molecule has 1 aromatic carbocycles. The Labute approximate surface area is 114 Å². The first kappa shape index (κ1) is 12.8. The molecule has 2 rings (SSSR count). The summed E-state index contributed by atoms with van der Waals surface area (Å²) in [6.45, 7) is 5.81. The summed E-state index contributed by atoms with van der Waals surface area (Å²) in [5.74, 6) is 2.20. The Bertz CT molecular complexity index is 556. The lowest BCUT2D eigenvalue weighted by atomic mass is 10.1. The first-order valence-corrected chi connectivity index (χ1v) is 6.31. The maximum Gasteiger partial charge on any atom is 0.224 e. The normalized spacial score (nSPS) is 10.4. The van der Waals surface area contributed by atoms with Gasteiger partial charge in [-0.05, 0) is 44.0 Å². The van der Waals surface area contributed by atoms with Crippen LogP contribution in [0.25, 0.3) is 0 Å². The molecule has 1 heterocycles. The van der Waals surface area contributed by atoms with Crippen molar-refractivity contribution in [3.05, 3.63) is 39.6 Å². The summed E-state index contributed by atoms with van der Waals surface area (Å²) >= 11 is 3.52. The highest BCUT2D eigenvalue weighted by Crippen LogP contribution is 2.29. The van der Waals surface area contributed by atoms with Crippen LogP contribution < -0.4 is 10.5 Å². The van der Waals surface area contributed by atoms with Gasteiger partial charge in [-0.2, -0.15) is 4.98 Å². The second-order valence-corrected chi connectivity index (χ2v) is 4.94. The molecule has 0 radical (unpaired) electrons. The van der Waals surface area contributed by atoms with E-state index in [1.807, 2.05) is 26.0 Å². The average Bonchev–Trinajstić information content (AvgIpc) is 2.24. The van der Waals surface area contributed by atoms with Crippen molar-refractivity contribution >= 4 is 21.7 Å². The van der Waals surface area contributed by atoms with Gasteiger partial charge in [0.1, 0.15) is 17.4 Å². The Morgan fingerprint density at radius 3 is 2.22 bits per heavy atom. The van der Waals surface area contributed by atoms with E-state index in [9.17, 15) is 0 Å². The van der Waals surface area contributed by atoms with E-state index < -0.39 is 0 Å². The Kier molecular flexibility index (Phi) is 3.52. The highest BCUT2D eigenvalue weighted by Gasteiger charge is 2.06. The average molecular weight is 308 g/mol. The fraction of sp³-hybridized carbons (Fsp3) is 0.231. The Morgan fingerprint density at radius 1 is 1.06 bits per heavy atom. The smallest absolute Gasteiger partial charge is 0.224 e. The molecular formula is C13H14BrN3O. The van der Waals surface area contributed by atoms with E-state index in [1.54, 1.807) is 13.0 Å². The van der Waals surface area contributed by atoms with Gasteiger partial charge in [-0.15, -0.1) is 0 Å². The van der Waals surface area contributed by atoms with Gasteiger partial charge in [0.25, 0.3) is 0 Å². The summed E-state index contributed by atoms with van der Waals surface area (Å²) in [4.78, 5) is 8.19. The number of rotatable bonds is 2. The molecular weight excluding hydrogens is 294 g/mol. The number of nitrogens with two attached hydrogens (primary N) is 1. The number of halogens is 1. The van der Waals surface area contributed by atoms with Crippen molar-refractivity contribution in [2.24, 2.45) is 0 Å². The number of benzene rings is 1. The third-order valence-corrected chi connectivity index (χ3v) is 3.72. The molecule has 0 fully saturated rings. The highest BCUT2D eigenvalue weighted by molar-refractivity contribution is 9.10. The predicted octanol–water partition coefficient (Wildman–Crippen LogP) is 3.54. The summed E-state index contributed by atoms with van der Waals surface area (Å²) in [6.07, 6.45) is 0. The first-order valence-electron chi connectivity index (χ1n) is 5.51. The lowest BCUT2D eigenvalue weighted by molar-refractivity contribution is 0.459. The van der Waals surface area contributed by atoms with Crippen molar-refractivity contribution in [2.45, 2.75) is 20.8 Å². The van der Waals surface area contributed by atoms with Crippen LogP contribution in [0.3, 0.4) is 0 Å². The zero-order valence-electron chi connectivity index (χ0n) is 10.5. The van der Waals surface area contributed by atoms with Crippen LogP contribution in [0.4, 0.5) is 5.82 Å². The number of nitrogen functional groups attached to an aromatic ring is 1. The second kappa shape index (κ2) is 4.94. The largest absolute Gasteiger partial charge is 0.439 e. The fourth-order valence-corrected chi connectivity index (χ4v) is 1.93. The zero-order chi connectivity index (χ0) is 13.3. The number of anilines is 1. The number of aryl methyl sites for hydroxylation is 3. The summed E-state index contributed by atoms with van der Waals surface area (Å²) in [7, 11) is 0. The number of hydrogen-bond donors (Lipinski definition) is 1.